The molecule has 0 heterocycles. The minimum Gasteiger partial charge on any atom is -0.399 e. The molecule has 0 spiro atoms. The standard InChI is InChI=1S/C13H18N2O.ClH/c1-9(2)15(12-6-7-12)13(16)10-4-3-5-11(14)8-10;/h3-5,8-9,12H,6-7,14H2,1-2H3;1H. The van der Waals surface area contributed by atoms with Crippen molar-refractivity contribution in [3.63, 3.8) is 0 Å². The Morgan fingerprint density at radius 1 is 1.41 bits per heavy atom. The first-order valence-corrected chi connectivity index (χ1v) is 5.78. The summed E-state index contributed by atoms with van der Waals surface area (Å²) in [5.74, 6) is 0.102. The third-order valence-electron chi connectivity index (χ3n) is 2.86. The summed E-state index contributed by atoms with van der Waals surface area (Å²) < 4.78 is 0. The smallest absolute Gasteiger partial charge is 0.254 e. The average molecular weight is 255 g/mol. The summed E-state index contributed by atoms with van der Waals surface area (Å²) in [6, 6.07) is 7.90. The van der Waals surface area contributed by atoms with Crippen LogP contribution in [0.5, 0.6) is 0 Å². The van der Waals surface area contributed by atoms with Crippen LogP contribution in [-0.4, -0.2) is 22.9 Å². The van der Waals surface area contributed by atoms with Gasteiger partial charge in [-0.2, -0.15) is 0 Å². The van der Waals surface area contributed by atoms with Crippen molar-refractivity contribution in [2.75, 3.05) is 5.73 Å². The van der Waals surface area contributed by atoms with Gasteiger partial charge in [0, 0.05) is 23.3 Å². The van der Waals surface area contributed by atoms with Crippen LogP contribution < -0.4 is 5.73 Å². The van der Waals surface area contributed by atoms with Gasteiger partial charge in [-0.15, -0.1) is 12.4 Å². The van der Waals surface area contributed by atoms with Crippen LogP contribution in [0, 0.1) is 0 Å². The normalized spacial score (nSPS) is 14.3. The lowest BCUT2D eigenvalue weighted by Gasteiger charge is -2.26. The van der Waals surface area contributed by atoms with E-state index in [0.717, 1.165) is 12.8 Å². The zero-order valence-electron chi connectivity index (χ0n) is 10.2. The second-order valence-corrected chi connectivity index (χ2v) is 4.66. The highest BCUT2D eigenvalue weighted by molar-refractivity contribution is 5.95. The lowest BCUT2D eigenvalue weighted by atomic mass is 10.1. The molecular formula is C13H19ClN2O. The molecule has 94 valence electrons. The molecule has 0 bridgehead atoms. The number of rotatable bonds is 3. The van der Waals surface area contributed by atoms with E-state index in [-0.39, 0.29) is 24.4 Å². The first-order chi connectivity index (χ1) is 7.59. The molecule has 4 heteroatoms. The maximum atomic E-state index is 12.3. The van der Waals surface area contributed by atoms with Crippen LogP contribution in [-0.2, 0) is 0 Å². The molecule has 1 amide bonds. The van der Waals surface area contributed by atoms with Gasteiger partial charge >= 0.3 is 0 Å². The highest BCUT2D eigenvalue weighted by Crippen LogP contribution is 2.30. The Morgan fingerprint density at radius 2 is 2.06 bits per heavy atom. The second kappa shape index (κ2) is 5.41. The summed E-state index contributed by atoms with van der Waals surface area (Å²) in [4.78, 5) is 14.3. The zero-order valence-corrected chi connectivity index (χ0v) is 11.0. The molecule has 2 rings (SSSR count). The summed E-state index contributed by atoms with van der Waals surface area (Å²) in [5, 5.41) is 0. The molecule has 0 saturated heterocycles. The van der Waals surface area contributed by atoms with E-state index in [2.05, 4.69) is 13.8 Å². The number of halogens is 1. The molecule has 3 nitrogen and oxygen atoms in total. The molecule has 1 aromatic rings. The van der Waals surface area contributed by atoms with Gasteiger partial charge in [0.05, 0.1) is 0 Å². The molecule has 1 saturated carbocycles. The van der Waals surface area contributed by atoms with E-state index in [1.54, 1.807) is 12.1 Å². The van der Waals surface area contributed by atoms with Gasteiger partial charge in [0.15, 0.2) is 0 Å². The van der Waals surface area contributed by atoms with Gasteiger partial charge < -0.3 is 10.6 Å². The number of amides is 1. The SMILES string of the molecule is CC(C)N(C(=O)c1cccc(N)c1)C1CC1.Cl. The number of benzene rings is 1. The monoisotopic (exact) mass is 254 g/mol. The van der Waals surface area contributed by atoms with Crippen LogP contribution in [0.3, 0.4) is 0 Å². The van der Waals surface area contributed by atoms with Crippen LogP contribution in [0.2, 0.25) is 0 Å². The Labute approximate surface area is 108 Å². The van der Waals surface area contributed by atoms with E-state index in [4.69, 9.17) is 5.73 Å². The Morgan fingerprint density at radius 3 is 2.53 bits per heavy atom. The quantitative estimate of drug-likeness (QED) is 0.843. The third kappa shape index (κ3) is 3.13. The summed E-state index contributed by atoms with van der Waals surface area (Å²) in [7, 11) is 0. The molecule has 1 aliphatic carbocycles. The van der Waals surface area contributed by atoms with Crippen LogP contribution in [0.4, 0.5) is 5.69 Å². The minimum atomic E-state index is 0. The van der Waals surface area contributed by atoms with E-state index >= 15 is 0 Å². The lowest BCUT2D eigenvalue weighted by molar-refractivity contribution is 0.0690. The fraction of sp³-hybridized carbons (Fsp3) is 0.462. The van der Waals surface area contributed by atoms with Crippen molar-refractivity contribution in [1.82, 2.24) is 4.90 Å². The largest absolute Gasteiger partial charge is 0.399 e. The van der Waals surface area contributed by atoms with Crippen molar-refractivity contribution in [1.29, 1.82) is 0 Å². The Hall–Kier alpha value is -1.22. The van der Waals surface area contributed by atoms with E-state index in [9.17, 15) is 4.79 Å². The summed E-state index contributed by atoms with van der Waals surface area (Å²) in [6.45, 7) is 4.12. The van der Waals surface area contributed by atoms with Crippen molar-refractivity contribution in [2.24, 2.45) is 0 Å². The third-order valence-corrected chi connectivity index (χ3v) is 2.86. The van der Waals surface area contributed by atoms with Crippen LogP contribution in [0.15, 0.2) is 24.3 Å². The number of nitrogens with two attached hydrogens (primary N) is 1. The fourth-order valence-electron chi connectivity index (χ4n) is 2.00. The van der Waals surface area contributed by atoms with Gasteiger partial charge in [-0.25, -0.2) is 0 Å². The first-order valence-electron chi connectivity index (χ1n) is 5.78. The van der Waals surface area contributed by atoms with E-state index in [1.165, 1.54) is 0 Å². The molecule has 2 N–H and O–H groups in total. The van der Waals surface area contributed by atoms with E-state index < -0.39 is 0 Å². The van der Waals surface area contributed by atoms with Crippen LogP contribution in [0.25, 0.3) is 0 Å². The van der Waals surface area contributed by atoms with Crippen LogP contribution in [0.1, 0.15) is 37.0 Å². The molecular weight excluding hydrogens is 236 g/mol. The van der Waals surface area contributed by atoms with Crippen molar-refractivity contribution >= 4 is 24.0 Å². The summed E-state index contributed by atoms with van der Waals surface area (Å²) >= 11 is 0. The molecule has 17 heavy (non-hydrogen) atoms. The number of hydrogen-bond donors (Lipinski definition) is 1. The predicted molar refractivity (Wildman–Crippen MR) is 72.4 cm³/mol. The number of carbonyl (C=O) groups excluding carboxylic acids is 1. The topological polar surface area (TPSA) is 46.3 Å². The lowest BCUT2D eigenvalue weighted by Crippen LogP contribution is -2.38. The summed E-state index contributed by atoms with van der Waals surface area (Å²) in [6.07, 6.45) is 2.26. The Bertz CT molecular complexity index is 400. The Balaban J connectivity index is 0.00000144. The van der Waals surface area contributed by atoms with Gasteiger partial charge in [0.25, 0.3) is 5.91 Å². The predicted octanol–water partition coefficient (Wildman–Crippen LogP) is 2.70. The minimum absolute atomic E-state index is 0. The van der Waals surface area contributed by atoms with Crippen molar-refractivity contribution in [3.05, 3.63) is 29.8 Å². The van der Waals surface area contributed by atoms with Crippen molar-refractivity contribution in [3.8, 4) is 0 Å². The highest BCUT2D eigenvalue weighted by atomic mass is 35.5. The van der Waals surface area contributed by atoms with Crippen LogP contribution >= 0.6 is 12.4 Å². The van der Waals surface area contributed by atoms with Gasteiger partial charge in [0.2, 0.25) is 0 Å². The summed E-state index contributed by atoms with van der Waals surface area (Å²) in [5.41, 5.74) is 7.03. The molecule has 1 aliphatic rings. The number of nitrogens with zero attached hydrogens (tertiary/aromatic N) is 1. The van der Waals surface area contributed by atoms with Crippen molar-refractivity contribution < 1.29 is 4.79 Å². The molecule has 0 aromatic heterocycles. The fourth-order valence-corrected chi connectivity index (χ4v) is 2.00. The average Bonchev–Trinajstić information content (AvgIpc) is 3.01. The molecule has 1 aromatic carbocycles. The number of hydrogen-bond acceptors (Lipinski definition) is 2. The molecule has 0 aliphatic heterocycles. The van der Waals surface area contributed by atoms with Gasteiger partial charge in [0.1, 0.15) is 0 Å². The second-order valence-electron chi connectivity index (χ2n) is 4.66. The molecule has 0 unspecified atom stereocenters. The van der Waals surface area contributed by atoms with Gasteiger partial charge in [-0.05, 0) is 44.9 Å². The van der Waals surface area contributed by atoms with Crippen molar-refractivity contribution in [2.45, 2.75) is 38.8 Å². The van der Waals surface area contributed by atoms with Gasteiger partial charge in [-0.1, -0.05) is 6.07 Å². The maximum absolute atomic E-state index is 12.3. The van der Waals surface area contributed by atoms with Gasteiger partial charge in [-0.3, -0.25) is 4.79 Å². The highest BCUT2D eigenvalue weighted by Gasteiger charge is 2.34. The molecule has 0 atom stereocenters. The molecule has 1 fully saturated rings. The molecule has 0 radical (unpaired) electrons. The maximum Gasteiger partial charge on any atom is 0.254 e. The van der Waals surface area contributed by atoms with E-state index in [1.807, 2.05) is 17.0 Å². The number of carbonyl (C=O) groups is 1. The number of anilines is 1. The number of nitrogen functional groups attached to an aromatic ring is 1. The van der Waals surface area contributed by atoms with E-state index in [0.29, 0.717) is 17.3 Å². The Kier molecular flexibility index (Phi) is 4.40. The zero-order chi connectivity index (χ0) is 11.7. The first kappa shape index (κ1) is 13.8.